The van der Waals surface area contributed by atoms with Crippen LogP contribution >= 0.6 is 0 Å². The summed E-state index contributed by atoms with van der Waals surface area (Å²) < 4.78 is 2.46. The van der Waals surface area contributed by atoms with Gasteiger partial charge in [0.05, 0.1) is 17.3 Å². The molecule has 0 fully saturated rings. The van der Waals surface area contributed by atoms with Crippen molar-refractivity contribution >= 4 is 28.4 Å². The van der Waals surface area contributed by atoms with Crippen molar-refractivity contribution in [1.29, 1.82) is 0 Å². The average molecular weight is 699 g/mol. The van der Waals surface area contributed by atoms with E-state index < -0.39 is 0 Å². The van der Waals surface area contributed by atoms with E-state index in [-0.39, 0.29) is 12.0 Å². The number of hydrogen-bond donors (Lipinski definition) is 0. The van der Waals surface area contributed by atoms with Crippen LogP contribution in [0.15, 0.2) is 188 Å². The van der Waals surface area contributed by atoms with E-state index in [1.165, 1.54) is 78.2 Å². The number of hydrogen-bond acceptors (Lipinski definition) is 1. The molecule has 0 spiro atoms. The molecule has 2 heteroatoms. The van der Waals surface area contributed by atoms with Gasteiger partial charge in [0.15, 0.2) is 0 Å². The molecular weight excluding hydrogens is 653 g/mol. The molecule has 0 amide bonds. The topological polar surface area (TPSA) is 8.17 Å². The van der Waals surface area contributed by atoms with Crippen LogP contribution in [0.1, 0.15) is 50.4 Å². The number of aromatic nitrogens is 1. The minimum Gasteiger partial charge on any atom is -0.333 e. The minimum atomic E-state index is 0.143. The summed E-state index contributed by atoms with van der Waals surface area (Å²) in [5, 5.41) is 1.32. The summed E-state index contributed by atoms with van der Waals surface area (Å²) in [6, 6.07) is 66.3. The highest BCUT2D eigenvalue weighted by Crippen LogP contribution is 2.55. The molecule has 2 aliphatic rings. The second-order valence-corrected chi connectivity index (χ2v) is 13.3. The molecule has 0 saturated carbocycles. The van der Waals surface area contributed by atoms with Crippen LogP contribution in [0.25, 0.3) is 56.0 Å². The number of nitrogens with zero attached hydrogens (tertiary/aromatic N) is 2. The van der Waals surface area contributed by atoms with Crippen LogP contribution in [-0.2, 0) is 0 Å². The van der Waals surface area contributed by atoms with E-state index >= 15 is 0 Å². The second-order valence-electron chi connectivity index (χ2n) is 13.3. The van der Waals surface area contributed by atoms with Crippen LogP contribution in [-0.4, -0.2) is 10.6 Å². The minimum absolute atomic E-state index is 0.143. The standard InChI is InChI=1S/C48H34N2.2C2H6/c1-3-13-33(14-4-1)35-23-25-37(26-24-35)39-17-7-10-20-42(39)50-44-22-12-9-19-41(44)48-46(50)32-31-45-47(48)40-18-8-11-21-43(40)49(45)38-29-27-36(28-30-38)34-15-5-2-6-16-34;2*1-2/h1-32,46,48H;2*1-2H3. The van der Waals surface area contributed by atoms with E-state index in [1.807, 2.05) is 27.7 Å². The number of anilines is 2. The van der Waals surface area contributed by atoms with Crippen LogP contribution in [0.3, 0.4) is 0 Å². The van der Waals surface area contributed by atoms with Crippen molar-refractivity contribution in [3.05, 3.63) is 205 Å². The van der Waals surface area contributed by atoms with Gasteiger partial charge in [-0.2, -0.15) is 0 Å². The van der Waals surface area contributed by atoms with Gasteiger partial charge in [0.25, 0.3) is 0 Å². The van der Waals surface area contributed by atoms with Gasteiger partial charge in [0, 0.05) is 33.9 Å². The normalized spacial score (nSPS) is 14.9. The number of benzene rings is 7. The summed E-state index contributed by atoms with van der Waals surface area (Å²) in [6.45, 7) is 8.00. The molecule has 7 aromatic carbocycles. The molecular formula is C52H46N2. The lowest BCUT2D eigenvalue weighted by atomic mass is 9.82. The Morgan fingerprint density at radius 3 is 1.59 bits per heavy atom. The zero-order valence-corrected chi connectivity index (χ0v) is 31.5. The summed E-state index contributed by atoms with van der Waals surface area (Å²) in [4.78, 5) is 2.58. The van der Waals surface area contributed by atoms with Gasteiger partial charge < -0.3 is 9.47 Å². The Kier molecular flexibility index (Phi) is 9.83. The van der Waals surface area contributed by atoms with Crippen molar-refractivity contribution in [3.63, 3.8) is 0 Å². The van der Waals surface area contributed by atoms with Gasteiger partial charge in [0.2, 0.25) is 0 Å². The highest BCUT2D eigenvalue weighted by atomic mass is 15.2. The van der Waals surface area contributed by atoms with E-state index in [4.69, 9.17) is 0 Å². The molecule has 2 atom stereocenters. The fourth-order valence-corrected chi connectivity index (χ4v) is 8.36. The third kappa shape index (κ3) is 5.94. The smallest absolute Gasteiger partial charge is 0.0637 e. The third-order valence-electron chi connectivity index (χ3n) is 10.6. The van der Waals surface area contributed by atoms with Crippen LogP contribution in [0, 0.1) is 0 Å². The molecule has 2 unspecified atom stereocenters. The van der Waals surface area contributed by atoms with E-state index in [2.05, 4.69) is 204 Å². The number of fused-ring (bicyclic) bond motifs is 7. The summed E-state index contributed by atoms with van der Waals surface area (Å²) in [7, 11) is 0. The summed E-state index contributed by atoms with van der Waals surface area (Å²) >= 11 is 0. The van der Waals surface area contributed by atoms with Crippen molar-refractivity contribution in [3.8, 4) is 39.1 Å². The fourth-order valence-electron chi connectivity index (χ4n) is 8.36. The van der Waals surface area contributed by atoms with Gasteiger partial charge in [-0.25, -0.2) is 0 Å². The molecule has 2 heterocycles. The van der Waals surface area contributed by atoms with Crippen molar-refractivity contribution in [2.75, 3.05) is 4.90 Å². The molecule has 8 aromatic rings. The first-order valence-corrected chi connectivity index (χ1v) is 19.4. The van der Waals surface area contributed by atoms with Gasteiger partial charge in [-0.3, -0.25) is 0 Å². The fraction of sp³-hybridized carbons (Fsp3) is 0.115. The van der Waals surface area contributed by atoms with E-state index in [1.54, 1.807) is 0 Å². The molecule has 1 aromatic heterocycles. The molecule has 1 aliphatic heterocycles. The van der Waals surface area contributed by atoms with Gasteiger partial charge >= 0.3 is 0 Å². The zero-order valence-electron chi connectivity index (χ0n) is 31.5. The van der Waals surface area contributed by atoms with Crippen LogP contribution in [0.5, 0.6) is 0 Å². The van der Waals surface area contributed by atoms with Crippen molar-refractivity contribution in [2.45, 2.75) is 39.7 Å². The van der Waals surface area contributed by atoms with Crippen molar-refractivity contribution in [2.24, 2.45) is 0 Å². The monoisotopic (exact) mass is 698 g/mol. The third-order valence-corrected chi connectivity index (χ3v) is 10.6. The van der Waals surface area contributed by atoms with E-state index in [0.29, 0.717) is 0 Å². The Hall–Kier alpha value is -6.38. The highest BCUT2D eigenvalue weighted by Gasteiger charge is 2.43. The maximum Gasteiger partial charge on any atom is 0.0637 e. The van der Waals surface area contributed by atoms with Crippen LogP contribution < -0.4 is 4.90 Å². The van der Waals surface area contributed by atoms with Crippen molar-refractivity contribution < 1.29 is 0 Å². The molecule has 0 radical (unpaired) electrons. The van der Waals surface area contributed by atoms with E-state index in [0.717, 1.165) is 0 Å². The first kappa shape index (κ1) is 34.7. The molecule has 0 saturated heterocycles. The molecule has 0 bridgehead atoms. The molecule has 2 nitrogen and oxygen atoms in total. The molecule has 10 rings (SSSR count). The summed E-state index contributed by atoms with van der Waals surface area (Å²) in [5.41, 5.74) is 16.3. The Balaban J connectivity index is 0.00000100. The maximum atomic E-state index is 2.58. The first-order valence-electron chi connectivity index (χ1n) is 19.4. The van der Waals surface area contributed by atoms with Crippen LogP contribution in [0.2, 0.25) is 0 Å². The Labute approximate surface area is 320 Å². The van der Waals surface area contributed by atoms with Gasteiger partial charge in [-0.15, -0.1) is 0 Å². The quantitative estimate of drug-likeness (QED) is 0.174. The largest absolute Gasteiger partial charge is 0.333 e. The predicted molar refractivity (Wildman–Crippen MR) is 232 cm³/mol. The second kappa shape index (κ2) is 15.3. The van der Waals surface area contributed by atoms with Gasteiger partial charge in [0.1, 0.15) is 0 Å². The maximum absolute atomic E-state index is 2.58. The first-order chi connectivity index (χ1) is 26.8. The number of para-hydroxylation sites is 3. The molecule has 0 N–H and O–H groups in total. The van der Waals surface area contributed by atoms with Crippen LogP contribution in [0.4, 0.5) is 11.4 Å². The SMILES string of the molecule is C1=CC2C(c3ccccc3N2c2ccccc2-c2ccc(-c3ccccc3)cc2)c2c1n(-c1ccc(-c3ccccc3)cc1)c1ccccc21.CC.CC. The van der Waals surface area contributed by atoms with Gasteiger partial charge in [-0.1, -0.05) is 185 Å². The molecule has 1 aliphatic carbocycles. The Morgan fingerprint density at radius 1 is 0.426 bits per heavy atom. The summed E-state index contributed by atoms with van der Waals surface area (Å²) in [5.74, 6) is 0.189. The number of rotatable bonds is 5. The highest BCUT2D eigenvalue weighted by molar-refractivity contribution is 5.95. The molecule has 264 valence electrons. The Morgan fingerprint density at radius 2 is 0.926 bits per heavy atom. The van der Waals surface area contributed by atoms with Gasteiger partial charge in [-0.05, 0) is 75.4 Å². The molecule has 54 heavy (non-hydrogen) atoms. The summed E-state index contributed by atoms with van der Waals surface area (Å²) in [6.07, 6.45) is 4.81. The zero-order chi connectivity index (χ0) is 37.0. The lowest BCUT2D eigenvalue weighted by Gasteiger charge is -2.32. The van der Waals surface area contributed by atoms with Crippen molar-refractivity contribution in [1.82, 2.24) is 4.57 Å². The predicted octanol–water partition coefficient (Wildman–Crippen LogP) is 14.4. The lowest BCUT2D eigenvalue weighted by Crippen LogP contribution is -2.31. The lowest BCUT2D eigenvalue weighted by molar-refractivity contribution is 0.726. The average Bonchev–Trinajstić information content (AvgIpc) is 3.79. The van der Waals surface area contributed by atoms with E-state index in [9.17, 15) is 0 Å². The Bertz CT molecular complexity index is 2520.